The van der Waals surface area contributed by atoms with E-state index in [2.05, 4.69) is 30.0 Å². The Labute approximate surface area is 277 Å². The van der Waals surface area contributed by atoms with Gasteiger partial charge in [-0.05, 0) is 59.5 Å². The van der Waals surface area contributed by atoms with Gasteiger partial charge in [0.05, 0.1) is 12.0 Å². The zero-order chi connectivity index (χ0) is 33.6. The first-order chi connectivity index (χ1) is 22.4. The smallest absolute Gasteiger partial charge is 0.264 e. The van der Waals surface area contributed by atoms with Gasteiger partial charge in [-0.25, -0.2) is 23.4 Å². The van der Waals surface area contributed by atoms with Crippen molar-refractivity contribution in [2.24, 2.45) is 0 Å². The molecule has 0 fully saturated rings. The topological polar surface area (TPSA) is 155 Å². The summed E-state index contributed by atoms with van der Waals surface area (Å²) >= 11 is 6.05. The van der Waals surface area contributed by atoms with E-state index in [1.807, 2.05) is 20.8 Å². The van der Waals surface area contributed by atoms with Crippen molar-refractivity contribution >= 4 is 39.0 Å². The number of sulfonamides is 1. The molecule has 0 radical (unpaired) electrons. The maximum absolute atomic E-state index is 13.7. The van der Waals surface area contributed by atoms with Crippen LogP contribution in [0.4, 0.5) is 11.5 Å². The summed E-state index contributed by atoms with van der Waals surface area (Å²) in [5, 5.41) is 3.12. The molecule has 3 aromatic carbocycles. The minimum absolute atomic E-state index is 0.0202. The molecule has 2 N–H and O–H groups in total. The molecule has 0 atom stereocenters. The number of para-hydroxylation sites is 2. The Morgan fingerprint density at radius 2 is 1.57 bits per heavy atom. The lowest BCUT2D eigenvalue weighted by atomic mass is 9.87. The van der Waals surface area contributed by atoms with Crippen LogP contribution < -0.4 is 24.2 Å². The number of halogens is 1. The molecule has 2 heterocycles. The first kappa shape index (κ1) is 33.1. The van der Waals surface area contributed by atoms with Gasteiger partial charge in [-0.3, -0.25) is 9.52 Å². The number of rotatable bonds is 11. The van der Waals surface area contributed by atoms with Crippen LogP contribution in [0.1, 0.15) is 26.3 Å². The minimum Gasteiger partial charge on any atom is -0.493 e. The molecular formula is C33H31ClN6O6S. The van der Waals surface area contributed by atoms with E-state index in [-0.39, 0.29) is 45.2 Å². The van der Waals surface area contributed by atoms with Crippen LogP contribution in [0.5, 0.6) is 23.1 Å². The van der Waals surface area contributed by atoms with E-state index in [4.69, 9.17) is 25.8 Å². The molecule has 0 spiro atoms. The highest BCUT2D eigenvalue weighted by molar-refractivity contribution is 7.92. The summed E-state index contributed by atoms with van der Waals surface area (Å²) in [4.78, 5) is 30.1. The lowest BCUT2D eigenvalue weighted by molar-refractivity contribution is -0.118. The van der Waals surface area contributed by atoms with Crippen LogP contribution in [-0.4, -0.2) is 48.0 Å². The number of aromatic nitrogens is 4. The van der Waals surface area contributed by atoms with Crippen molar-refractivity contribution in [2.45, 2.75) is 31.1 Å². The molecule has 0 saturated carbocycles. The minimum atomic E-state index is -4.24. The molecule has 0 bridgehead atoms. The average molecular weight is 675 g/mol. The Hall–Kier alpha value is -5.27. The Balaban J connectivity index is 1.59. The standard InChI is InChI=1S/C33H31ClN6O6S/c1-33(2,3)21-13-15-24(16-14-21)47(42,43)40-29-28(46-26-12-6-5-11-25(26)44-4)32(39-31(38-29)30-35-17-8-18-36-30)45-20-27(41)37-23-10-7-9-22(34)19-23/h5-19H,20H2,1-4H3,(H,37,41)(H,38,39,40). The molecule has 0 aliphatic carbocycles. The van der Waals surface area contributed by atoms with Gasteiger partial charge in [0.15, 0.2) is 29.7 Å². The van der Waals surface area contributed by atoms with Crippen molar-refractivity contribution in [1.29, 1.82) is 0 Å². The molecule has 0 saturated heterocycles. The number of amides is 1. The maximum atomic E-state index is 13.7. The van der Waals surface area contributed by atoms with E-state index in [0.29, 0.717) is 16.5 Å². The first-order valence-corrected chi connectivity index (χ1v) is 16.1. The Morgan fingerprint density at radius 3 is 2.23 bits per heavy atom. The molecule has 0 aliphatic heterocycles. The van der Waals surface area contributed by atoms with Crippen LogP contribution in [0.2, 0.25) is 5.02 Å². The quantitative estimate of drug-likeness (QED) is 0.159. The molecule has 5 aromatic rings. The molecular weight excluding hydrogens is 644 g/mol. The van der Waals surface area contributed by atoms with Crippen molar-refractivity contribution in [3.05, 3.63) is 102 Å². The number of benzene rings is 3. The number of hydrogen-bond donors (Lipinski definition) is 2. The maximum Gasteiger partial charge on any atom is 0.264 e. The molecule has 47 heavy (non-hydrogen) atoms. The summed E-state index contributed by atoms with van der Waals surface area (Å²) in [5.74, 6) is -0.838. The molecule has 14 heteroatoms. The second-order valence-electron chi connectivity index (χ2n) is 11.1. The SMILES string of the molecule is COc1ccccc1Oc1c(NS(=O)(=O)c2ccc(C(C)(C)C)cc2)nc(-c2ncccn2)nc1OCC(=O)Nc1cccc(Cl)c1. The van der Waals surface area contributed by atoms with Crippen molar-refractivity contribution in [3.63, 3.8) is 0 Å². The molecule has 2 aromatic heterocycles. The molecule has 242 valence electrons. The van der Waals surface area contributed by atoms with Gasteiger partial charge in [0.1, 0.15) is 0 Å². The summed E-state index contributed by atoms with van der Waals surface area (Å²) in [6.45, 7) is 5.55. The van der Waals surface area contributed by atoms with Gasteiger partial charge >= 0.3 is 0 Å². The van der Waals surface area contributed by atoms with Gasteiger partial charge in [-0.1, -0.05) is 62.7 Å². The number of nitrogens with one attached hydrogen (secondary N) is 2. The van der Waals surface area contributed by atoms with E-state index >= 15 is 0 Å². The molecule has 0 unspecified atom stereocenters. The lowest BCUT2D eigenvalue weighted by Crippen LogP contribution is -2.21. The van der Waals surface area contributed by atoms with Crippen LogP contribution in [0, 0.1) is 0 Å². The fraction of sp³-hybridized carbons (Fsp3) is 0.182. The third kappa shape index (κ3) is 8.31. The fourth-order valence-electron chi connectivity index (χ4n) is 4.23. The van der Waals surface area contributed by atoms with Crippen LogP contribution >= 0.6 is 11.6 Å². The fourth-order valence-corrected chi connectivity index (χ4v) is 5.43. The van der Waals surface area contributed by atoms with Crippen LogP contribution in [0.25, 0.3) is 11.6 Å². The van der Waals surface area contributed by atoms with Crippen molar-refractivity contribution in [2.75, 3.05) is 23.8 Å². The van der Waals surface area contributed by atoms with E-state index < -0.39 is 22.5 Å². The van der Waals surface area contributed by atoms with E-state index in [1.165, 1.54) is 31.6 Å². The summed E-state index contributed by atoms with van der Waals surface area (Å²) < 4.78 is 47.5. The van der Waals surface area contributed by atoms with Crippen LogP contribution in [0.3, 0.4) is 0 Å². The normalized spacial score (nSPS) is 11.4. The average Bonchev–Trinajstić information content (AvgIpc) is 3.05. The van der Waals surface area contributed by atoms with Crippen molar-refractivity contribution in [1.82, 2.24) is 19.9 Å². The summed E-state index contributed by atoms with van der Waals surface area (Å²) in [5.41, 5.74) is 1.21. The lowest BCUT2D eigenvalue weighted by Gasteiger charge is -2.20. The Morgan fingerprint density at radius 1 is 0.872 bits per heavy atom. The largest absolute Gasteiger partial charge is 0.493 e. The highest BCUT2D eigenvalue weighted by Crippen LogP contribution is 2.41. The number of ether oxygens (including phenoxy) is 3. The number of carbonyl (C=O) groups excluding carboxylic acids is 1. The molecule has 1 amide bonds. The monoisotopic (exact) mass is 674 g/mol. The van der Waals surface area contributed by atoms with Crippen molar-refractivity contribution in [3.8, 4) is 34.8 Å². The van der Waals surface area contributed by atoms with Gasteiger partial charge in [0.2, 0.25) is 11.6 Å². The van der Waals surface area contributed by atoms with Gasteiger partial charge in [0, 0.05) is 23.1 Å². The predicted octanol–water partition coefficient (Wildman–Crippen LogP) is 6.50. The summed E-state index contributed by atoms with van der Waals surface area (Å²) in [6.07, 6.45) is 2.95. The van der Waals surface area contributed by atoms with Crippen LogP contribution in [0.15, 0.2) is 96.2 Å². The second-order valence-corrected chi connectivity index (χ2v) is 13.2. The Kier molecular flexibility index (Phi) is 9.87. The first-order valence-electron chi connectivity index (χ1n) is 14.2. The molecule has 12 nitrogen and oxygen atoms in total. The third-order valence-corrected chi connectivity index (χ3v) is 8.18. The molecule has 0 aliphatic rings. The predicted molar refractivity (Wildman–Crippen MR) is 178 cm³/mol. The van der Waals surface area contributed by atoms with Gasteiger partial charge in [-0.15, -0.1) is 0 Å². The third-order valence-electron chi connectivity index (χ3n) is 6.59. The van der Waals surface area contributed by atoms with Gasteiger partial charge < -0.3 is 19.5 Å². The Bertz CT molecular complexity index is 1990. The number of anilines is 2. The van der Waals surface area contributed by atoms with E-state index in [9.17, 15) is 13.2 Å². The molecule has 5 rings (SSSR count). The number of carbonyl (C=O) groups is 1. The van der Waals surface area contributed by atoms with E-state index in [1.54, 1.807) is 66.7 Å². The van der Waals surface area contributed by atoms with Crippen LogP contribution in [-0.2, 0) is 20.2 Å². The highest BCUT2D eigenvalue weighted by Gasteiger charge is 2.27. The zero-order valence-corrected chi connectivity index (χ0v) is 27.5. The zero-order valence-electron chi connectivity index (χ0n) is 25.9. The van der Waals surface area contributed by atoms with Gasteiger partial charge in [0.25, 0.3) is 21.8 Å². The number of hydrogen-bond acceptors (Lipinski definition) is 10. The van der Waals surface area contributed by atoms with E-state index in [0.717, 1.165) is 5.56 Å². The highest BCUT2D eigenvalue weighted by atomic mass is 35.5. The summed E-state index contributed by atoms with van der Waals surface area (Å²) in [7, 11) is -2.78. The van der Waals surface area contributed by atoms with Crippen molar-refractivity contribution < 1.29 is 27.4 Å². The second kappa shape index (κ2) is 14.0. The number of nitrogens with zero attached hydrogens (tertiary/aromatic N) is 4. The number of methoxy groups -OCH3 is 1. The summed E-state index contributed by atoms with van der Waals surface area (Å²) in [6, 6.07) is 21.4. The van der Waals surface area contributed by atoms with Gasteiger partial charge in [-0.2, -0.15) is 4.98 Å².